The van der Waals surface area contributed by atoms with Crippen molar-refractivity contribution in [1.29, 1.82) is 0 Å². The van der Waals surface area contributed by atoms with Gasteiger partial charge in [0.1, 0.15) is 17.1 Å². The number of anilines is 1. The van der Waals surface area contributed by atoms with Gasteiger partial charge in [0.2, 0.25) is 0 Å². The number of imidazole rings is 1. The monoisotopic (exact) mass is 390 g/mol. The van der Waals surface area contributed by atoms with Crippen LogP contribution in [0.2, 0.25) is 5.02 Å². The average Bonchev–Trinajstić information content (AvgIpc) is 3.07. The molecule has 28 heavy (non-hydrogen) atoms. The first-order valence-corrected chi connectivity index (χ1v) is 9.18. The molecule has 0 aliphatic heterocycles. The third-order valence-electron chi connectivity index (χ3n) is 4.48. The van der Waals surface area contributed by atoms with Crippen molar-refractivity contribution in [1.82, 2.24) is 9.38 Å². The molecule has 6 heteroatoms. The second-order valence-corrected chi connectivity index (χ2v) is 7.05. The molecule has 2 aromatic carbocycles. The van der Waals surface area contributed by atoms with Crippen molar-refractivity contribution in [2.75, 3.05) is 19.0 Å². The molecular weight excluding hydrogens is 372 g/mol. The number of phenolic OH excluding ortho intramolecular Hbond substituents is 1. The fraction of sp³-hybridized carbons (Fsp3) is 0.0909. The highest BCUT2D eigenvalue weighted by Gasteiger charge is 2.13. The Labute approximate surface area is 168 Å². The van der Waals surface area contributed by atoms with Crippen LogP contribution < -0.4 is 4.90 Å². The van der Waals surface area contributed by atoms with Gasteiger partial charge in [0.05, 0.1) is 0 Å². The minimum atomic E-state index is 0.124. The van der Waals surface area contributed by atoms with E-state index in [2.05, 4.69) is 22.0 Å². The SMILES string of the molecule is CN(C)c1ccc(-c2nc3ccccn3c2N=Cc2cc(Cl)ccc2O)cc1. The third-order valence-corrected chi connectivity index (χ3v) is 4.71. The molecule has 0 fully saturated rings. The van der Waals surface area contributed by atoms with Crippen molar-refractivity contribution in [3.63, 3.8) is 0 Å². The number of pyridine rings is 1. The maximum absolute atomic E-state index is 10.1. The van der Waals surface area contributed by atoms with Gasteiger partial charge in [-0.3, -0.25) is 4.40 Å². The fourth-order valence-electron chi connectivity index (χ4n) is 2.98. The molecule has 140 valence electrons. The van der Waals surface area contributed by atoms with Gasteiger partial charge in [-0.1, -0.05) is 29.8 Å². The van der Waals surface area contributed by atoms with E-state index in [4.69, 9.17) is 16.6 Å². The first-order valence-electron chi connectivity index (χ1n) is 8.80. The van der Waals surface area contributed by atoms with E-state index in [1.807, 2.05) is 55.0 Å². The van der Waals surface area contributed by atoms with Crippen LogP contribution >= 0.6 is 11.6 Å². The molecule has 4 rings (SSSR count). The summed E-state index contributed by atoms with van der Waals surface area (Å²) in [5.41, 5.74) is 4.20. The van der Waals surface area contributed by atoms with Gasteiger partial charge >= 0.3 is 0 Å². The molecule has 0 aliphatic carbocycles. The number of rotatable bonds is 4. The van der Waals surface area contributed by atoms with Gasteiger partial charge in [0.25, 0.3) is 0 Å². The van der Waals surface area contributed by atoms with Crippen molar-refractivity contribution in [3.05, 3.63) is 77.4 Å². The molecule has 0 atom stereocenters. The maximum atomic E-state index is 10.1. The molecule has 2 aromatic heterocycles. The summed E-state index contributed by atoms with van der Waals surface area (Å²) in [6.45, 7) is 0. The Hall–Kier alpha value is -3.31. The molecule has 4 aromatic rings. The summed E-state index contributed by atoms with van der Waals surface area (Å²) < 4.78 is 1.92. The summed E-state index contributed by atoms with van der Waals surface area (Å²) in [6, 6.07) is 18.9. The molecule has 0 amide bonds. The zero-order valence-electron chi connectivity index (χ0n) is 15.5. The molecule has 5 nitrogen and oxygen atoms in total. The number of hydrogen-bond donors (Lipinski definition) is 1. The van der Waals surface area contributed by atoms with E-state index in [0.717, 1.165) is 22.6 Å². The van der Waals surface area contributed by atoms with Gasteiger partial charge in [-0.15, -0.1) is 0 Å². The first-order chi connectivity index (χ1) is 13.5. The summed E-state index contributed by atoms with van der Waals surface area (Å²) in [4.78, 5) is 11.5. The van der Waals surface area contributed by atoms with Gasteiger partial charge in [-0.05, 0) is 42.5 Å². The summed E-state index contributed by atoms with van der Waals surface area (Å²) in [7, 11) is 4.01. The van der Waals surface area contributed by atoms with Crippen LogP contribution in [-0.4, -0.2) is 34.8 Å². The van der Waals surface area contributed by atoms with E-state index in [1.54, 1.807) is 24.4 Å². The number of hydrogen-bond acceptors (Lipinski definition) is 4. The second-order valence-electron chi connectivity index (χ2n) is 6.62. The van der Waals surface area contributed by atoms with Crippen LogP contribution in [0.5, 0.6) is 5.75 Å². The smallest absolute Gasteiger partial charge is 0.165 e. The van der Waals surface area contributed by atoms with Crippen LogP contribution in [0.3, 0.4) is 0 Å². The highest BCUT2D eigenvalue weighted by atomic mass is 35.5. The van der Waals surface area contributed by atoms with Crippen molar-refractivity contribution in [3.8, 4) is 17.0 Å². The van der Waals surface area contributed by atoms with Gasteiger partial charge < -0.3 is 10.0 Å². The van der Waals surface area contributed by atoms with E-state index < -0.39 is 0 Å². The number of aromatic hydroxyl groups is 1. The van der Waals surface area contributed by atoms with E-state index in [1.165, 1.54) is 0 Å². The Morgan fingerprint density at radius 1 is 1.07 bits per heavy atom. The number of aromatic nitrogens is 2. The number of phenols is 1. The van der Waals surface area contributed by atoms with Crippen molar-refractivity contribution in [2.45, 2.75) is 0 Å². The zero-order valence-corrected chi connectivity index (χ0v) is 16.3. The van der Waals surface area contributed by atoms with Gasteiger partial charge in [0, 0.05) is 48.3 Å². The minimum Gasteiger partial charge on any atom is -0.507 e. The fourth-order valence-corrected chi connectivity index (χ4v) is 3.16. The van der Waals surface area contributed by atoms with Gasteiger partial charge in [-0.2, -0.15) is 0 Å². The highest BCUT2D eigenvalue weighted by molar-refractivity contribution is 6.30. The largest absolute Gasteiger partial charge is 0.507 e. The maximum Gasteiger partial charge on any atom is 0.165 e. The lowest BCUT2D eigenvalue weighted by Crippen LogP contribution is -2.07. The zero-order chi connectivity index (χ0) is 19.7. The highest BCUT2D eigenvalue weighted by Crippen LogP contribution is 2.32. The van der Waals surface area contributed by atoms with Crippen LogP contribution in [0.1, 0.15) is 5.56 Å². The molecule has 0 radical (unpaired) electrons. The topological polar surface area (TPSA) is 53.1 Å². The number of nitrogens with zero attached hydrogens (tertiary/aromatic N) is 4. The average molecular weight is 391 g/mol. The second kappa shape index (κ2) is 7.37. The molecule has 0 spiro atoms. The predicted octanol–water partition coefficient (Wildman–Crippen LogP) is 5.18. The summed E-state index contributed by atoms with van der Waals surface area (Å²) in [5, 5.41) is 10.6. The molecule has 0 bridgehead atoms. The van der Waals surface area contributed by atoms with Crippen LogP contribution in [0.25, 0.3) is 16.9 Å². The van der Waals surface area contributed by atoms with Crippen LogP contribution in [-0.2, 0) is 0 Å². The summed E-state index contributed by atoms with van der Waals surface area (Å²) in [5.74, 6) is 0.812. The predicted molar refractivity (Wildman–Crippen MR) is 115 cm³/mol. The van der Waals surface area contributed by atoms with Crippen LogP contribution in [0.4, 0.5) is 11.5 Å². The lowest BCUT2D eigenvalue weighted by atomic mass is 10.1. The van der Waals surface area contributed by atoms with Crippen molar-refractivity contribution < 1.29 is 5.11 Å². The molecule has 0 saturated carbocycles. The van der Waals surface area contributed by atoms with E-state index in [0.29, 0.717) is 16.4 Å². The lowest BCUT2D eigenvalue weighted by Gasteiger charge is -2.12. The van der Waals surface area contributed by atoms with E-state index >= 15 is 0 Å². The Bertz CT molecular complexity index is 1160. The number of aliphatic imine (C=N–C) groups is 1. The molecule has 0 saturated heterocycles. The molecular formula is C22H19ClN4O. The number of benzene rings is 2. The molecule has 0 aliphatic rings. The normalized spacial score (nSPS) is 11.4. The lowest BCUT2D eigenvalue weighted by molar-refractivity contribution is 0.474. The quantitative estimate of drug-likeness (QED) is 0.488. The Kier molecular flexibility index (Phi) is 4.75. The third kappa shape index (κ3) is 3.44. The standard InChI is InChI=1S/C22H19ClN4O/c1-26(2)18-9-6-15(7-10-18)21-22(27-12-4-3-5-20(27)25-21)24-14-16-13-17(23)8-11-19(16)28/h3-14,28H,1-2H3. The Morgan fingerprint density at radius 3 is 2.61 bits per heavy atom. The summed E-state index contributed by atoms with van der Waals surface area (Å²) in [6.07, 6.45) is 3.53. The molecule has 1 N–H and O–H groups in total. The first kappa shape index (κ1) is 18.1. The Morgan fingerprint density at radius 2 is 1.86 bits per heavy atom. The van der Waals surface area contributed by atoms with Gasteiger partial charge in [-0.25, -0.2) is 9.98 Å². The molecule has 0 unspecified atom stereocenters. The van der Waals surface area contributed by atoms with E-state index in [9.17, 15) is 5.11 Å². The number of halogens is 1. The van der Waals surface area contributed by atoms with Crippen molar-refractivity contribution in [2.24, 2.45) is 4.99 Å². The Balaban J connectivity index is 1.83. The number of fused-ring (bicyclic) bond motifs is 1. The minimum absolute atomic E-state index is 0.124. The van der Waals surface area contributed by atoms with Crippen molar-refractivity contribution >= 4 is 35.0 Å². The summed E-state index contributed by atoms with van der Waals surface area (Å²) >= 11 is 6.05. The van der Waals surface area contributed by atoms with Crippen LogP contribution in [0.15, 0.2) is 71.9 Å². The van der Waals surface area contributed by atoms with Crippen LogP contribution in [0, 0.1) is 0 Å². The molecule has 2 heterocycles. The van der Waals surface area contributed by atoms with E-state index in [-0.39, 0.29) is 5.75 Å². The van der Waals surface area contributed by atoms with Gasteiger partial charge in [0.15, 0.2) is 5.82 Å².